The van der Waals surface area contributed by atoms with Gasteiger partial charge in [-0.15, -0.1) is 0 Å². The Hall–Kier alpha value is -2.97. The lowest BCUT2D eigenvalue weighted by Gasteiger charge is -2.50. The molecule has 0 aromatic heterocycles. The van der Waals surface area contributed by atoms with Crippen molar-refractivity contribution in [2.45, 2.75) is 101 Å². The molecular formula is C38H43ClN2. The van der Waals surface area contributed by atoms with E-state index in [4.69, 9.17) is 11.6 Å². The molecule has 3 atom stereocenters. The van der Waals surface area contributed by atoms with Crippen molar-refractivity contribution in [1.82, 2.24) is 4.90 Å². The Balaban J connectivity index is 1.29. The summed E-state index contributed by atoms with van der Waals surface area (Å²) in [7, 11) is 0. The fourth-order valence-corrected chi connectivity index (χ4v) is 8.72. The van der Waals surface area contributed by atoms with Crippen LogP contribution in [0.3, 0.4) is 0 Å². The number of hydrogen-bond acceptors (Lipinski definition) is 2. The van der Waals surface area contributed by atoms with Gasteiger partial charge in [0.05, 0.1) is 16.2 Å². The van der Waals surface area contributed by atoms with Crippen LogP contribution in [0.4, 0.5) is 11.4 Å². The van der Waals surface area contributed by atoms with E-state index in [0.717, 1.165) is 30.7 Å². The summed E-state index contributed by atoms with van der Waals surface area (Å²) in [6.07, 6.45) is 29.7. The van der Waals surface area contributed by atoms with Gasteiger partial charge in [-0.2, -0.15) is 0 Å². The number of rotatable bonds is 5. The number of anilines is 2. The topological polar surface area (TPSA) is 6.48 Å². The molecule has 2 aromatic rings. The molecule has 3 heteroatoms. The molecule has 0 N–H and O–H groups in total. The zero-order chi connectivity index (χ0) is 28.0. The van der Waals surface area contributed by atoms with Gasteiger partial charge in [-0.05, 0) is 100 Å². The van der Waals surface area contributed by atoms with Gasteiger partial charge in [-0.3, -0.25) is 0 Å². The molecule has 212 valence electrons. The quantitative estimate of drug-likeness (QED) is 0.357. The van der Waals surface area contributed by atoms with E-state index in [1.54, 1.807) is 0 Å². The molecule has 1 heterocycles. The highest BCUT2D eigenvalue weighted by Gasteiger charge is 2.57. The third-order valence-corrected chi connectivity index (χ3v) is 11.2. The highest BCUT2D eigenvalue weighted by molar-refractivity contribution is 6.34. The van der Waals surface area contributed by atoms with E-state index in [1.807, 2.05) is 0 Å². The fraction of sp³-hybridized carbons (Fsp3) is 0.421. The molecular weight excluding hydrogens is 520 g/mol. The van der Waals surface area contributed by atoms with E-state index in [2.05, 4.69) is 109 Å². The molecule has 1 aliphatic heterocycles. The molecule has 0 bridgehead atoms. The molecule has 0 amide bonds. The second-order valence-electron chi connectivity index (χ2n) is 13.1. The summed E-state index contributed by atoms with van der Waals surface area (Å²) in [5.74, 6) is 0.241. The Bertz CT molecular complexity index is 1490. The molecule has 2 aromatic carbocycles. The van der Waals surface area contributed by atoms with Crippen molar-refractivity contribution in [1.29, 1.82) is 0 Å². The standard InChI is InChI=1S/C38H43ClN2/c1-37-25-11-12-26-38(37,2)41(34-23-10-9-22-33(34)37)35-24-14-21-32(36(35)39)28-15-13-20-31(27-28)40(29-16-5-3-6-17-29)30-18-7-4-8-19-30/h5,9-10,13-14,16-18,20-24,27-28H,3-4,6-8,11-12,15,19,25-26H2,1-2H3. The van der Waals surface area contributed by atoms with Gasteiger partial charge in [-0.1, -0.05) is 92.1 Å². The number of benzene rings is 2. The molecule has 0 saturated heterocycles. The van der Waals surface area contributed by atoms with Gasteiger partial charge in [-0.25, -0.2) is 0 Å². The van der Waals surface area contributed by atoms with Crippen LogP contribution < -0.4 is 4.90 Å². The van der Waals surface area contributed by atoms with Crippen LogP contribution >= 0.6 is 11.6 Å². The Kier molecular flexibility index (Phi) is 7.02. The van der Waals surface area contributed by atoms with Crippen LogP contribution in [0.2, 0.25) is 5.02 Å². The molecule has 41 heavy (non-hydrogen) atoms. The summed E-state index contributed by atoms with van der Waals surface area (Å²) in [6.45, 7) is 4.98. The minimum atomic E-state index is 0.00865. The zero-order valence-corrected chi connectivity index (χ0v) is 25.5. The summed E-state index contributed by atoms with van der Waals surface area (Å²) in [4.78, 5) is 5.15. The number of hydrogen-bond donors (Lipinski definition) is 0. The van der Waals surface area contributed by atoms with E-state index < -0.39 is 0 Å². The highest BCUT2D eigenvalue weighted by atomic mass is 35.5. The predicted octanol–water partition coefficient (Wildman–Crippen LogP) is 11.0. The highest BCUT2D eigenvalue weighted by Crippen LogP contribution is 2.61. The number of para-hydroxylation sites is 1. The van der Waals surface area contributed by atoms with Crippen LogP contribution in [-0.2, 0) is 5.41 Å². The van der Waals surface area contributed by atoms with Crippen LogP contribution in [0.15, 0.2) is 102 Å². The molecule has 5 aliphatic rings. The van der Waals surface area contributed by atoms with Crippen molar-refractivity contribution >= 4 is 23.0 Å². The third-order valence-electron chi connectivity index (χ3n) is 10.8. The lowest BCUT2D eigenvalue weighted by Crippen LogP contribution is -2.54. The van der Waals surface area contributed by atoms with Gasteiger partial charge in [0.1, 0.15) is 0 Å². The largest absolute Gasteiger partial charge is 0.333 e. The average molecular weight is 563 g/mol. The first-order valence-corrected chi connectivity index (χ1v) is 16.3. The minimum Gasteiger partial charge on any atom is -0.333 e. The van der Waals surface area contributed by atoms with Crippen molar-refractivity contribution in [3.63, 3.8) is 0 Å². The van der Waals surface area contributed by atoms with E-state index in [1.165, 1.54) is 84.5 Å². The van der Waals surface area contributed by atoms with E-state index >= 15 is 0 Å². The second-order valence-corrected chi connectivity index (χ2v) is 13.4. The summed E-state index contributed by atoms with van der Waals surface area (Å²) >= 11 is 7.51. The van der Waals surface area contributed by atoms with Crippen LogP contribution in [0.1, 0.15) is 102 Å². The first kappa shape index (κ1) is 26.9. The van der Waals surface area contributed by atoms with Crippen LogP contribution in [0, 0.1) is 0 Å². The van der Waals surface area contributed by atoms with Crippen LogP contribution in [-0.4, -0.2) is 10.4 Å². The molecule has 4 aliphatic carbocycles. The van der Waals surface area contributed by atoms with Crippen molar-refractivity contribution in [3.05, 3.63) is 118 Å². The molecule has 0 spiro atoms. The first-order valence-electron chi connectivity index (χ1n) is 15.9. The maximum Gasteiger partial charge on any atom is 0.0681 e. The fourth-order valence-electron chi connectivity index (χ4n) is 8.37. The molecule has 1 fully saturated rings. The van der Waals surface area contributed by atoms with Crippen molar-refractivity contribution < 1.29 is 0 Å². The molecule has 3 unspecified atom stereocenters. The number of allylic oxidation sites excluding steroid dienone is 8. The Morgan fingerprint density at radius 2 is 1.63 bits per heavy atom. The average Bonchev–Trinajstić information content (AvgIpc) is 3.22. The van der Waals surface area contributed by atoms with Gasteiger partial charge < -0.3 is 9.80 Å². The number of nitrogens with zero attached hydrogens (tertiary/aromatic N) is 2. The lowest BCUT2D eigenvalue weighted by molar-refractivity contribution is 0.195. The Morgan fingerprint density at radius 1 is 0.805 bits per heavy atom. The Morgan fingerprint density at radius 3 is 2.46 bits per heavy atom. The second kappa shape index (κ2) is 10.7. The van der Waals surface area contributed by atoms with Gasteiger partial charge in [0, 0.05) is 34.1 Å². The lowest BCUT2D eigenvalue weighted by atomic mass is 9.61. The number of fused-ring (bicyclic) bond motifs is 3. The monoisotopic (exact) mass is 562 g/mol. The van der Waals surface area contributed by atoms with Crippen molar-refractivity contribution in [3.8, 4) is 0 Å². The molecule has 7 rings (SSSR count). The number of halogens is 1. The van der Waals surface area contributed by atoms with Gasteiger partial charge >= 0.3 is 0 Å². The Labute approximate surface area is 251 Å². The summed E-state index contributed by atoms with van der Waals surface area (Å²) in [5, 5.41) is 0.912. The van der Waals surface area contributed by atoms with E-state index in [9.17, 15) is 0 Å². The normalized spacial score (nSPS) is 28.9. The summed E-state index contributed by atoms with van der Waals surface area (Å²) in [5.41, 5.74) is 9.41. The summed E-state index contributed by atoms with van der Waals surface area (Å²) < 4.78 is 0. The van der Waals surface area contributed by atoms with Crippen LogP contribution in [0.5, 0.6) is 0 Å². The van der Waals surface area contributed by atoms with Gasteiger partial charge in [0.25, 0.3) is 0 Å². The minimum absolute atomic E-state index is 0.00865. The first-order chi connectivity index (χ1) is 20.0. The molecule has 0 radical (unpaired) electrons. The maximum absolute atomic E-state index is 7.51. The maximum atomic E-state index is 7.51. The van der Waals surface area contributed by atoms with E-state index in [0.29, 0.717) is 0 Å². The van der Waals surface area contributed by atoms with Crippen LogP contribution in [0.25, 0.3) is 0 Å². The SMILES string of the molecule is CC12CCCCC1(C)N(c1cccc(C3C=C(N(C4=CCCC=C4)C4=CCCCC4)C=CC3)c1Cl)c1ccccc12. The van der Waals surface area contributed by atoms with E-state index in [-0.39, 0.29) is 16.9 Å². The van der Waals surface area contributed by atoms with Gasteiger partial charge in [0.2, 0.25) is 0 Å². The smallest absolute Gasteiger partial charge is 0.0681 e. The van der Waals surface area contributed by atoms with Crippen molar-refractivity contribution in [2.75, 3.05) is 4.90 Å². The van der Waals surface area contributed by atoms with Gasteiger partial charge in [0.15, 0.2) is 0 Å². The zero-order valence-electron chi connectivity index (χ0n) is 24.7. The third kappa shape index (κ3) is 4.36. The summed E-state index contributed by atoms with van der Waals surface area (Å²) in [6, 6.07) is 15.8. The predicted molar refractivity (Wildman–Crippen MR) is 174 cm³/mol. The molecule has 2 nitrogen and oxygen atoms in total. The molecule has 1 saturated carbocycles. The van der Waals surface area contributed by atoms with Crippen molar-refractivity contribution in [2.24, 2.45) is 0 Å².